The van der Waals surface area contributed by atoms with Gasteiger partial charge in [0.05, 0.1) is 27.3 Å². The Kier molecular flexibility index (Phi) is 7.17. The highest BCUT2D eigenvalue weighted by atomic mass is 32.1. The lowest BCUT2D eigenvalue weighted by Gasteiger charge is -2.39. The molecule has 2 aromatic heterocycles. The lowest BCUT2D eigenvalue weighted by molar-refractivity contribution is -0.137. The van der Waals surface area contributed by atoms with E-state index in [0.717, 1.165) is 27.4 Å². The van der Waals surface area contributed by atoms with Crippen LogP contribution in [0.4, 0.5) is 13.2 Å². The molecule has 5 rings (SSSR count). The van der Waals surface area contributed by atoms with Gasteiger partial charge in [0.15, 0.2) is 6.23 Å². The van der Waals surface area contributed by atoms with Gasteiger partial charge >= 0.3 is 6.18 Å². The van der Waals surface area contributed by atoms with Crippen molar-refractivity contribution in [3.05, 3.63) is 58.9 Å². The molecule has 8 nitrogen and oxygen atoms in total. The summed E-state index contributed by atoms with van der Waals surface area (Å²) >= 11 is 1.63. The molecule has 1 aliphatic heterocycles. The summed E-state index contributed by atoms with van der Waals surface area (Å²) in [4.78, 5) is 8.75. The molecule has 2 atom stereocenters. The molecule has 12 heteroatoms. The van der Waals surface area contributed by atoms with E-state index < -0.39 is 24.1 Å². The summed E-state index contributed by atoms with van der Waals surface area (Å²) in [6.07, 6.45) is -5.61. The number of ether oxygens (including phenoxy) is 1. The lowest BCUT2D eigenvalue weighted by atomic mass is 10.1. The van der Waals surface area contributed by atoms with Crippen LogP contribution in [0, 0.1) is 6.92 Å². The molecule has 4 aromatic rings. The number of piperazine rings is 1. The zero-order valence-corrected chi connectivity index (χ0v) is 21.1. The molecule has 1 unspecified atom stereocenters. The maximum absolute atomic E-state index is 12.8. The van der Waals surface area contributed by atoms with Gasteiger partial charge < -0.3 is 14.3 Å². The van der Waals surface area contributed by atoms with Crippen molar-refractivity contribution in [2.24, 2.45) is 0 Å². The van der Waals surface area contributed by atoms with Crippen LogP contribution in [0.15, 0.2) is 46.9 Å². The van der Waals surface area contributed by atoms with Gasteiger partial charge in [-0.2, -0.15) is 13.2 Å². The molecule has 0 radical (unpaired) electrons. The molecule has 3 heterocycles. The number of alkyl halides is 3. The highest BCUT2D eigenvalue weighted by molar-refractivity contribution is 7.18. The van der Waals surface area contributed by atoms with Crippen LogP contribution in [-0.4, -0.2) is 68.6 Å². The minimum atomic E-state index is -4.40. The van der Waals surface area contributed by atoms with Gasteiger partial charge in [-0.1, -0.05) is 0 Å². The van der Waals surface area contributed by atoms with Crippen molar-refractivity contribution >= 4 is 21.6 Å². The number of rotatable bonds is 7. The molecular weight excluding hydrogens is 507 g/mol. The van der Waals surface area contributed by atoms with Gasteiger partial charge in [-0.25, -0.2) is 4.98 Å². The summed E-state index contributed by atoms with van der Waals surface area (Å²) in [7, 11) is 0. The number of aromatic nitrogens is 3. The van der Waals surface area contributed by atoms with Crippen LogP contribution in [0.2, 0.25) is 0 Å². The SMILES string of the molecule is Cc1nc2cc(OC([C@@H](C)O)N3CCN(Cc4nnc(-c5ccc(C(F)(F)F)cc5)o4)CC3)ccc2s1. The number of fused-ring (bicyclic) bond motifs is 1. The van der Waals surface area contributed by atoms with Crippen LogP contribution in [0.1, 0.15) is 23.4 Å². The molecule has 1 fully saturated rings. The van der Waals surface area contributed by atoms with Crippen molar-refractivity contribution in [2.45, 2.75) is 38.9 Å². The first kappa shape index (κ1) is 25.6. The zero-order chi connectivity index (χ0) is 26.2. The van der Waals surface area contributed by atoms with Crippen LogP contribution in [0.3, 0.4) is 0 Å². The fraction of sp³-hybridized carbons (Fsp3) is 0.400. The average Bonchev–Trinajstić information content (AvgIpc) is 3.48. The normalized spacial score (nSPS) is 17.2. The first-order valence-corrected chi connectivity index (χ1v) is 12.7. The summed E-state index contributed by atoms with van der Waals surface area (Å²) in [5.41, 5.74) is 0.580. The highest BCUT2D eigenvalue weighted by Crippen LogP contribution is 2.31. The molecule has 1 aliphatic rings. The molecule has 1 saturated heterocycles. The third-order valence-electron chi connectivity index (χ3n) is 6.19. The number of thiazole rings is 1. The van der Waals surface area contributed by atoms with Gasteiger partial charge in [-0.3, -0.25) is 9.80 Å². The van der Waals surface area contributed by atoms with E-state index in [1.165, 1.54) is 12.1 Å². The number of nitrogens with zero attached hydrogens (tertiary/aromatic N) is 5. The number of benzene rings is 2. The lowest BCUT2D eigenvalue weighted by Crippen LogP contribution is -2.55. The fourth-order valence-electron chi connectivity index (χ4n) is 4.32. The number of aliphatic hydroxyl groups excluding tert-OH is 1. The number of hydrogen-bond donors (Lipinski definition) is 1. The molecular formula is C25H26F3N5O3S. The summed E-state index contributed by atoms with van der Waals surface area (Å²) < 4.78 is 51.3. The molecule has 0 bridgehead atoms. The minimum Gasteiger partial charge on any atom is -0.472 e. The monoisotopic (exact) mass is 533 g/mol. The Hall–Kier alpha value is -3.06. The van der Waals surface area contributed by atoms with Gasteiger partial charge in [0.2, 0.25) is 11.8 Å². The average molecular weight is 534 g/mol. The van der Waals surface area contributed by atoms with Gasteiger partial charge in [-0.05, 0) is 50.2 Å². The molecule has 0 saturated carbocycles. The Bertz CT molecular complexity index is 1350. The van der Waals surface area contributed by atoms with E-state index in [2.05, 4.69) is 25.0 Å². The van der Waals surface area contributed by atoms with Gasteiger partial charge in [-0.15, -0.1) is 21.5 Å². The number of aryl methyl sites for hydroxylation is 1. The molecule has 196 valence electrons. The molecule has 1 N–H and O–H groups in total. The quantitative estimate of drug-likeness (QED) is 0.370. The van der Waals surface area contributed by atoms with Crippen LogP contribution >= 0.6 is 11.3 Å². The Labute approximate surface area is 215 Å². The molecule has 0 aliphatic carbocycles. The third kappa shape index (κ3) is 5.93. The van der Waals surface area contributed by atoms with E-state index in [1.54, 1.807) is 18.3 Å². The maximum atomic E-state index is 12.8. The second-order valence-corrected chi connectivity index (χ2v) is 10.2. The number of aliphatic hydroxyl groups is 1. The summed E-state index contributed by atoms with van der Waals surface area (Å²) in [6.45, 7) is 6.79. The Morgan fingerprint density at radius 1 is 1.08 bits per heavy atom. The maximum Gasteiger partial charge on any atom is 0.416 e. The van der Waals surface area contributed by atoms with E-state index in [0.29, 0.717) is 49.9 Å². The van der Waals surface area contributed by atoms with Crippen LogP contribution in [0.25, 0.3) is 21.7 Å². The zero-order valence-electron chi connectivity index (χ0n) is 20.3. The van der Waals surface area contributed by atoms with E-state index in [-0.39, 0.29) is 5.89 Å². The summed E-state index contributed by atoms with van der Waals surface area (Å²) in [5, 5.41) is 19.5. The van der Waals surface area contributed by atoms with E-state index in [4.69, 9.17) is 9.15 Å². The van der Waals surface area contributed by atoms with Gasteiger partial charge in [0.1, 0.15) is 11.9 Å². The predicted octanol–water partition coefficient (Wildman–Crippen LogP) is 4.58. The van der Waals surface area contributed by atoms with Crippen molar-refractivity contribution in [3.8, 4) is 17.2 Å². The fourth-order valence-corrected chi connectivity index (χ4v) is 5.12. The number of halogens is 3. The molecule has 0 spiro atoms. The molecule has 37 heavy (non-hydrogen) atoms. The molecule has 0 amide bonds. The summed E-state index contributed by atoms with van der Waals surface area (Å²) in [6, 6.07) is 10.4. The third-order valence-corrected chi connectivity index (χ3v) is 7.14. The Morgan fingerprint density at radius 3 is 2.49 bits per heavy atom. The first-order chi connectivity index (χ1) is 17.7. The second kappa shape index (κ2) is 10.4. The first-order valence-electron chi connectivity index (χ1n) is 11.8. The Balaban J connectivity index is 1.17. The van der Waals surface area contributed by atoms with Crippen molar-refractivity contribution in [2.75, 3.05) is 26.2 Å². The smallest absolute Gasteiger partial charge is 0.416 e. The van der Waals surface area contributed by atoms with E-state index >= 15 is 0 Å². The highest BCUT2D eigenvalue weighted by Gasteiger charge is 2.31. The van der Waals surface area contributed by atoms with Crippen molar-refractivity contribution in [3.63, 3.8) is 0 Å². The van der Waals surface area contributed by atoms with E-state index in [1.807, 2.05) is 25.1 Å². The second-order valence-electron chi connectivity index (χ2n) is 9.00. The van der Waals surface area contributed by atoms with Crippen LogP contribution in [0.5, 0.6) is 5.75 Å². The van der Waals surface area contributed by atoms with E-state index in [9.17, 15) is 18.3 Å². The minimum absolute atomic E-state index is 0.178. The van der Waals surface area contributed by atoms with Crippen LogP contribution < -0.4 is 4.74 Å². The topological polar surface area (TPSA) is 87.8 Å². The standard InChI is InChI=1S/C25H26F3N5O3S/c1-15(34)24(35-19-7-8-21-20(13-19)29-16(2)37-21)33-11-9-32(10-12-33)14-22-30-31-23(36-22)17-3-5-18(6-4-17)25(26,27)28/h3-8,13,15,24,34H,9-12,14H2,1-2H3/t15-,24?/m1/s1. The van der Waals surface area contributed by atoms with Crippen LogP contribution in [-0.2, 0) is 12.7 Å². The predicted molar refractivity (Wildman–Crippen MR) is 132 cm³/mol. The van der Waals surface area contributed by atoms with Gasteiger partial charge in [0, 0.05) is 37.8 Å². The van der Waals surface area contributed by atoms with Gasteiger partial charge in [0.25, 0.3) is 0 Å². The van der Waals surface area contributed by atoms with Crippen molar-refractivity contribution in [1.82, 2.24) is 25.0 Å². The van der Waals surface area contributed by atoms with Crippen molar-refractivity contribution < 1.29 is 27.4 Å². The molecule has 2 aromatic carbocycles. The van der Waals surface area contributed by atoms with Crippen molar-refractivity contribution in [1.29, 1.82) is 0 Å². The largest absolute Gasteiger partial charge is 0.472 e. The number of hydrogen-bond acceptors (Lipinski definition) is 9. The summed E-state index contributed by atoms with van der Waals surface area (Å²) in [5.74, 6) is 1.23. The Morgan fingerprint density at radius 2 is 1.81 bits per heavy atom.